The zero-order valence-corrected chi connectivity index (χ0v) is 16.8. The van der Waals surface area contributed by atoms with Crippen LogP contribution in [0.2, 0.25) is 5.02 Å². The normalized spacial score (nSPS) is 19.5. The van der Waals surface area contributed by atoms with E-state index in [1.807, 2.05) is 11.8 Å². The van der Waals surface area contributed by atoms with Crippen LogP contribution in [-0.2, 0) is 14.8 Å². The smallest absolute Gasteiger partial charge is 0.240 e. The lowest BCUT2D eigenvalue weighted by molar-refractivity contribution is -0.0342. The summed E-state index contributed by atoms with van der Waals surface area (Å²) < 4.78 is 60.9. The van der Waals surface area contributed by atoms with Crippen molar-refractivity contribution in [3.63, 3.8) is 0 Å². The minimum atomic E-state index is -3.90. The Labute approximate surface area is 168 Å². The maximum absolute atomic E-state index is 14.6. The van der Waals surface area contributed by atoms with E-state index in [0.717, 1.165) is 12.1 Å². The average Bonchev–Trinajstić information content (AvgIpc) is 2.64. The molecule has 0 amide bonds. The van der Waals surface area contributed by atoms with Crippen molar-refractivity contribution in [3.8, 4) is 0 Å². The fraction of sp³-hybridized carbons (Fsp3) is 0.368. The van der Waals surface area contributed by atoms with Gasteiger partial charge in [0.1, 0.15) is 11.6 Å². The summed E-state index contributed by atoms with van der Waals surface area (Å²) in [5.41, 5.74) is 0.236. The number of halogens is 3. The third-order valence-electron chi connectivity index (χ3n) is 4.64. The molecule has 1 fully saturated rings. The van der Waals surface area contributed by atoms with E-state index in [-0.39, 0.29) is 28.1 Å². The minimum absolute atomic E-state index is 0.0670. The Morgan fingerprint density at radius 3 is 2.61 bits per heavy atom. The number of morpholine rings is 1. The molecule has 1 N–H and O–H groups in total. The van der Waals surface area contributed by atoms with Gasteiger partial charge in [-0.15, -0.1) is 0 Å². The van der Waals surface area contributed by atoms with Gasteiger partial charge in [-0.2, -0.15) is 0 Å². The molecule has 0 unspecified atom stereocenters. The first kappa shape index (κ1) is 21.1. The standard InChI is InChI=1S/C19H21ClF2N2O3S/c1-13-12-24(9-10-27-13)18(19-16(20)3-2-4-17(19)22)11-23-28(25,26)15-7-5-14(21)6-8-15/h2-8,13,18,23H,9-12H2,1H3/t13-,18-/m0/s1. The first-order chi connectivity index (χ1) is 13.3. The van der Waals surface area contributed by atoms with Crippen molar-refractivity contribution in [1.82, 2.24) is 9.62 Å². The quantitative estimate of drug-likeness (QED) is 0.763. The van der Waals surface area contributed by atoms with E-state index in [1.165, 1.54) is 24.3 Å². The molecular weight excluding hydrogens is 410 g/mol. The van der Waals surface area contributed by atoms with Gasteiger partial charge in [0.25, 0.3) is 0 Å². The molecule has 0 bridgehead atoms. The van der Waals surface area contributed by atoms with Gasteiger partial charge < -0.3 is 4.74 Å². The molecule has 3 rings (SSSR count). The molecule has 0 saturated carbocycles. The highest BCUT2D eigenvalue weighted by atomic mass is 35.5. The maximum atomic E-state index is 14.6. The predicted octanol–water partition coefficient (Wildman–Crippen LogP) is 3.36. The van der Waals surface area contributed by atoms with Crippen LogP contribution in [0.25, 0.3) is 0 Å². The lowest BCUT2D eigenvalue weighted by atomic mass is 10.0. The van der Waals surface area contributed by atoms with Gasteiger partial charge in [-0.25, -0.2) is 21.9 Å². The van der Waals surface area contributed by atoms with Crippen LogP contribution in [0, 0.1) is 11.6 Å². The molecule has 1 saturated heterocycles. The molecular formula is C19H21ClF2N2O3S. The van der Waals surface area contributed by atoms with E-state index in [9.17, 15) is 17.2 Å². The van der Waals surface area contributed by atoms with E-state index in [0.29, 0.717) is 19.7 Å². The first-order valence-corrected chi connectivity index (χ1v) is 10.7. The second-order valence-corrected chi connectivity index (χ2v) is 8.81. The highest BCUT2D eigenvalue weighted by Crippen LogP contribution is 2.31. The van der Waals surface area contributed by atoms with Crippen LogP contribution in [0.5, 0.6) is 0 Å². The van der Waals surface area contributed by atoms with E-state index in [1.54, 1.807) is 6.07 Å². The number of hydrogen-bond donors (Lipinski definition) is 1. The topological polar surface area (TPSA) is 58.6 Å². The third kappa shape index (κ3) is 4.87. The van der Waals surface area contributed by atoms with Crippen LogP contribution >= 0.6 is 11.6 Å². The number of hydrogen-bond acceptors (Lipinski definition) is 4. The molecule has 2 atom stereocenters. The predicted molar refractivity (Wildman–Crippen MR) is 103 cm³/mol. The Bertz CT molecular complexity index is 905. The van der Waals surface area contributed by atoms with Crippen LogP contribution < -0.4 is 4.72 Å². The summed E-state index contributed by atoms with van der Waals surface area (Å²) in [5.74, 6) is -1.03. The largest absolute Gasteiger partial charge is 0.376 e. The van der Waals surface area contributed by atoms with Gasteiger partial charge in [-0.1, -0.05) is 17.7 Å². The van der Waals surface area contributed by atoms with Crippen LogP contribution in [0.15, 0.2) is 47.4 Å². The number of nitrogens with zero attached hydrogens (tertiary/aromatic N) is 1. The highest BCUT2D eigenvalue weighted by molar-refractivity contribution is 7.89. The Morgan fingerprint density at radius 1 is 1.25 bits per heavy atom. The van der Waals surface area contributed by atoms with Gasteiger partial charge in [0.05, 0.1) is 23.6 Å². The fourth-order valence-corrected chi connectivity index (χ4v) is 4.58. The van der Waals surface area contributed by atoms with Gasteiger partial charge >= 0.3 is 0 Å². The van der Waals surface area contributed by atoms with Gasteiger partial charge in [0.2, 0.25) is 10.0 Å². The van der Waals surface area contributed by atoms with Crippen LogP contribution in [0.3, 0.4) is 0 Å². The third-order valence-corrected chi connectivity index (χ3v) is 6.41. The number of sulfonamides is 1. The Hall–Kier alpha value is -1.58. The van der Waals surface area contributed by atoms with Crippen molar-refractivity contribution >= 4 is 21.6 Å². The second kappa shape index (κ2) is 8.84. The molecule has 0 aromatic heterocycles. The number of ether oxygens (including phenoxy) is 1. The summed E-state index contributed by atoms with van der Waals surface area (Å²) in [6.07, 6.45) is -0.0736. The fourth-order valence-electron chi connectivity index (χ4n) is 3.26. The van der Waals surface area contributed by atoms with Crippen LogP contribution in [-0.4, -0.2) is 45.7 Å². The molecule has 28 heavy (non-hydrogen) atoms. The highest BCUT2D eigenvalue weighted by Gasteiger charge is 2.30. The molecule has 1 aliphatic heterocycles. The van der Waals surface area contributed by atoms with Crippen molar-refractivity contribution in [1.29, 1.82) is 0 Å². The van der Waals surface area contributed by atoms with Crippen molar-refractivity contribution in [3.05, 3.63) is 64.7 Å². The molecule has 1 heterocycles. The van der Waals surface area contributed by atoms with Crippen LogP contribution in [0.1, 0.15) is 18.5 Å². The molecule has 0 aliphatic carbocycles. The van der Waals surface area contributed by atoms with Gasteiger partial charge in [-0.05, 0) is 43.3 Å². The van der Waals surface area contributed by atoms with Gasteiger partial charge in [0.15, 0.2) is 0 Å². The molecule has 2 aromatic carbocycles. The van der Waals surface area contributed by atoms with Crippen molar-refractivity contribution < 1.29 is 21.9 Å². The zero-order chi connectivity index (χ0) is 20.3. The molecule has 0 radical (unpaired) electrons. The van der Waals surface area contributed by atoms with E-state index in [4.69, 9.17) is 16.3 Å². The van der Waals surface area contributed by atoms with Crippen molar-refractivity contribution in [2.75, 3.05) is 26.2 Å². The van der Waals surface area contributed by atoms with E-state index >= 15 is 0 Å². The second-order valence-electron chi connectivity index (χ2n) is 6.63. The Balaban J connectivity index is 1.88. The lowest BCUT2D eigenvalue weighted by Crippen LogP contribution is -2.46. The summed E-state index contributed by atoms with van der Waals surface area (Å²) in [6, 6.07) is 8.27. The minimum Gasteiger partial charge on any atom is -0.376 e. The summed E-state index contributed by atoms with van der Waals surface area (Å²) in [5, 5.41) is 0.227. The summed E-state index contributed by atoms with van der Waals surface area (Å²) in [6.45, 7) is 3.28. The summed E-state index contributed by atoms with van der Waals surface area (Å²) >= 11 is 6.25. The van der Waals surface area contributed by atoms with Crippen molar-refractivity contribution in [2.24, 2.45) is 0 Å². The zero-order valence-electron chi connectivity index (χ0n) is 15.2. The average molecular weight is 431 g/mol. The van der Waals surface area contributed by atoms with Crippen LogP contribution in [0.4, 0.5) is 8.78 Å². The van der Waals surface area contributed by atoms with Gasteiger partial charge in [-0.3, -0.25) is 4.90 Å². The molecule has 152 valence electrons. The molecule has 2 aromatic rings. The lowest BCUT2D eigenvalue weighted by Gasteiger charge is -2.38. The Morgan fingerprint density at radius 2 is 1.96 bits per heavy atom. The molecule has 9 heteroatoms. The number of nitrogens with one attached hydrogen (secondary N) is 1. The molecule has 5 nitrogen and oxygen atoms in total. The monoisotopic (exact) mass is 430 g/mol. The van der Waals surface area contributed by atoms with Gasteiger partial charge in [0, 0.05) is 30.2 Å². The van der Waals surface area contributed by atoms with E-state index < -0.39 is 27.7 Å². The SMILES string of the molecule is C[C@H]1CN([C@@H](CNS(=O)(=O)c2ccc(F)cc2)c2c(F)cccc2Cl)CCO1. The number of benzene rings is 2. The number of rotatable bonds is 6. The summed E-state index contributed by atoms with van der Waals surface area (Å²) in [7, 11) is -3.90. The van der Waals surface area contributed by atoms with Crippen molar-refractivity contribution in [2.45, 2.75) is 24.0 Å². The Kier molecular flexibility index (Phi) is 6.67. The van der Waals surface area contributed by atoms with E-state index in [2.05, 4.69) is 4.72 Å². The molecule has 1 aliphatic rings. The maximum Gasteiger partial charge on any atom is 0.240 e. The summed E-state index contributed by atoms with van der Waals surface area (Å²) in [4.78, 5) is 1.88. The first-order valence-electron chi connectivity index (χ1n) is 8.83. The molecule has 0 spiro atoms.